The van der Waals surface area contributed by atoms with Crippen LogP contribution in [0.2, 0.25) is 0 Å². The van der Waals surface area contributed by atoms with Gasteiger partial charge in [-0.2, -0.15) is 0 Å². The van der Waals surface area contributed by atoms with Gasteiger partial charge in [-0.15, -0.1) is 0 Å². The van der Waals surface area contributed by atoms with Gasteiger partial charge in [0, 0.05) is 28.7 Å². The van der Waals surface area contributed by atoms with Crippen molar-refractivity contribution in [3.8, 4) is 11.5 Å². The predicted octanol–water partition coefficient (Wildman–Crippen LogP) is 5.86. The number of Topliss-reactive ketones (excluding diaryl/α,β-unsaturated/α-hetero) is 1. The fourth-order valence-corrected chi connectivity index (χ4v) is 4.38. The van der Waals surface area contributed by atoms with E-state index in [0.29, 0.717) is 36.9 Å². The number of allylic oxidation sites excluding steroid dienone is 1. The summed E-state index contributed by atoms with van der Waals surface area (Å²) in [6.45, 7) is 3.60. The van der Waals surface area contributed by atoms with E-state index in [1.54, 1.807) is 18.2 Å². The highest BCUT2D eigenvalue weighted by molar-refractivity contribution is 9.10. The van der Waals surface area contributed by atoms with E-state index in [1.807, 2.05) is 37.3 Å². The van der Waals surface area contributed by atoms with E-state index in [1.165, 1.54) is 12.1 Å². The molecule has 31 heavy (non-hydrogen) atoms. The van der Waals surface area contributed by atoms with Gasteiger partial charge in [0.15, 0.2) is 5.76 Å². The van der Waals surface area contributed by atoms with E-state index in [0.717, 1.165) is 32.5 Å². The second kappa shape index (κ2) is 7.94. The summed E-state index contributed by atoms with van der Waals surface area (Å²) in [4.78, 5) is 15.2. The Bertz CT molecular complexity index is 1220. The Balaban J connectivity index is 1.43. The van der Waals surface area contributed by atoms with Crippen LogP contribution in [0, 0.1) is 12.7 Å². The van der Waals surface area contributed by atoms with Gasteiger partial charge < -0.3 is 9.47 Å². The quantitative estimate of drug-likeness (QED) is 0.440. The number of fused-ring (bicyclic) bond motifs is 2. The highest BCUT2D eigenvalue weighted by Gasteiger charge is 2.33. The fourth-order valence-electron chi connectivity index (χ4n) is 3.98. The predicted molar refractivity (Wildman–Crippen MR) is 119 cm³/mol. The van der Waals surface area contributed by atoms with Crippen molar-refractivity contribution in [2.45, 2.75) is 20.0 Å². The van der Waals surface area contributed by atoms with Crippen LogP contribution in [0.3, 0.4) is 0 Å². The van der Waals surface area contributed by atoms with Crippen molar-refractivity contribution >= 4 is 27.8 Å². The number of carbonyl (C=O) groups excluding carboxylic acids is 1. The van der Waals surface area contributed by atoms with Gasteiger partial charge in [0.05, 0.1) is 5.56 Å². The van der Waals surface area contributed by atoms with Gasteiger partial charge in [0.1, 0.15) is 24.0 Å². The topological polar surface area (TPSA) is 38.8 Å². The molecule has 0 amide bonds. The van der Waals surface area contributed by atoms with Gasteiger partial charge >= 0.3 is 0 Å². The number of nitrogens with zero attached hydrogens (tertiary/aromatic N) is 1. The van der Waals surface area contributed by atoms with Crippen LogP contribution >= 0.6 is 15.9 Å². The van der Waals surface area contributed by atoms with Crippen LogP contribution in [-0.4, -0.2) is 17.4 Å². The molecule has 3 aromatic carbocycles. The summed E-state index contributed by atoms with van der Waals surface area (Å²) in [6, 6.07) is 16.0. The normalized spacial score (nSPS) is 16.6. The molecule has 3 aromatic rings. The van der Waals surface area contributed by atoms with Crippen LogP contribution < -0.4 is 9.47 Å². The van der Waals surface area contributed by atoms with Crippen LogP contribution in [0.25, 0.3) is 6.08 Å². The molecule has 0 aromatic heterocycles. The number of carbonyl (C=O) groups is 1. The number of ether oxygens (including phenoxy) is 2. The summed E-state index contributed by atoms with van der Waals surface area (Å²) < 4.78 is 26.1. The zero-order chi connectivity index (χ0) is 21.5. The molecular weight excluding hydrogens is 461 g/mol. The van der Waals surface area contributed by atoms with Crippen molar-refractivity contribution in [2.75, 3.05) is 6.73 Å². The molecule has 0 bridgehead atoms. The molecule has 0 saturated carbocycles. The number of rotatable bonds is 3. The van der Waals surface area contributed by atoms with Gasteiger partial charge in [-0.1, -0.05) is 46.3 Å². The minimum Gasteiger partial charge on any atom is -0.477 e. The summed E-state index contributed by atoms with van der Waals surface area (Å²) in [5, 5.41) is 0. The average molecular weight is 480 g/mol. The van der Waals surface area contributed by atoms with Crippen LogP contribution in [0.1, 0.15) is 32.6 Å². The van der Waals surface area contributed by atoms with Gasteiger partial charge in [0.2, 0.25) is 5.78 Å². The van der Waals surface area contributed by atoms with Crippen molar-refractivity contribution in [1.82, 2.24) is 4.90 Å². The van der Waals surface area contributed by atoms with Crippen molar-refractivity contribution in [3.63, 3.8) is 0 Å². The Labute approximate surface area is 188 Å². The highest BCUT2D eigenvalue weighted by Crippen LogP contribution is 2.43. The molecule has 0 N–H and O–H groups in total. The number of hydrogen-bond acceptors (Lipinski definition) is 4. The summed E-state index contributed by atoms with van der Waals surface area (Å²) in [5.74, 6) is 1.25. The molecule has 6 heteroatoms. The first kappa shape index (κ1) is 20.0. The molecule has 0 radical (unpaired) electrons. The third-order valence-electron chi connectivity index (χ3n) is 5.51. The van der Waals surface area contributed by atoms with E-state index >= 15 is 0 Å². The second-order valence-electron chi connectivity index (χ2n) is 7.71. The van der Waals surface area contributed by atoms with Crippen LogP contribution in [0.5, 0.6) is 11.5 Å². The molecule has 2 aliphatic rings. The van der Waals surface area contributed by atoms with Crippen LogP contribution in [0.4, 0.5) is 4.39 Å². The standard InChI is InChI=1S/C25H19BrFNO3/c1-15-24-18(13-28(14-30-24)12-16-6-8-19(27)9-7-16)10-20-23(29)22(31-25(15)20)11-17-4-2-3-5-21(17)26/h2-11H,12-14H2,1H3/b22-11-. The molecule has 5 rings (SSSR count). The maximum Gasteiger partial charge on any atom is 0.231 e. The van der Waals surface area contributed by atoms with Gasteiger partial charge in [-0.3, -0.25) is 9.69 Å². The van der Waals surface area contributed by atoms with Crippen molar-refractivity contribution < 1.29 is 18.7 Å². The summed E-state index contributed by atoms with van der Waals surface area (Å²) in [6.07, 6.45) is 1.76. The zero-order valence-electron chi connectivity index (χ0n) is 16.8. The molecular formula is C25H19BrFNO3. The Kier molecular flexibility index (Phi) is 5.12. The van der Waals surface area contributed by atoms with Crippen molar-refractivity contribution in [1.29, 1.82) is 0 Å². The number of benzene rings is 3. The van der Waals surface area contributed by atoms with Crippen LogP contribution in [0.15, 0.2) is 64.8 Å². The minimum absolute atomic E-state index is 0.132. The summed E-state index contributed by atoms with van der Waals surface area (Å²) >= 11 is 3.51. The second-order valence-corrected chi connectivity index (χ2v) is 8.57. The fraction of sp³-hybridized carbons (Fsp3) is 0.160. The third-order valence-corrected chi connectivity index (χ3v) is 6.24. The lowest BCUT2D eigenvalue weighted by atomic mass is 10.00. The van der Waals surface area contributed by atoms with Crippen molar-refractivity contribution in [3.05, 3.63) is 98.5 Å². The van der Waals surface area contributed by atoms with E-state index in [2.05, 4.69) is 20.8 Å². The van der Waals surface area contributed by atoms with E-state index in [4.69, 9.17) is 9.47 Å². The smallest absolute Gasteiger partial charge is 0.231 e. The number of halogens is 2. The zero-order valence-corrected chi connectivity index (χ0v) is 18.4. The van der Waals surface area contributed by atoms with E-state index in [9.17, 15) is 9.18 Å². The molecule has 0 aliphatic carbocycles. The SMILES string of the molecule is Cc1c2c(cc3c1O/C(=C\c1ccccc1Br)C3=O)CN(Cc1ccc(F)cc1)CO2. The first-order valence-corrected chi connectivity index (χ1v) is 10.7. The lowest BCUT2D eigenvalue weighted by Crippen LogP contribution is -2.32. The maximum absolute atomic E-state index is 13.2. The van der Waals surface area contributed by atoms with E-state index in [-0.39, 0.29) is 11.6 Å². The first-order chi connectivity index (χ1) is 15.0. The molecule has 0 saturated heterocycles. The minimum atomic E-state index is -0.250. The monoisotopic (exact) mass is 479 g/mol. The van der Waals surface area contributed by atoms with Crippen molar-refractivity contribution in [2.24, 2.45) is 0 Å². The molecule has 2 aliphatic heterocycles. The Hall–Kier alpha value is -2.96. The lowest BCUT2D eigenvalue weighted by molar-refractivity contribution is 0.0876. The first-order valence-electron chi connectivity index (χ1n) is 9.94. The Morgan fingerprint density at radius 2 is 1.90 bits per heavy atom. The summed E-state index contributed by atoms with van der Waals surface area (Å²) in [7, 11) is 0. The molecule has 0 fully saturated rings. The lowest BCUT2D eigenvalue weighted by Gasteiger charge is -2.30. The van der Waals surface area contributed by atoms with Gasteiger partial charge in [-0.05, 0) is 48.4 Å². The maximum atomic E-state index is 13.2. The third kappa shape index (κ3) is 3.77. The number of ketones is 1. The van der Waals surface area contributed by atoms with E-state index < -0.39 is 0 Å². The highest BCUT2D eigenvalue weighted by atomic mass is 79.9. The molecule has 2 heterocycles. The average Bonchev–Trinajstić information content (AvgIpc) is 3.07. The molecule has 156 valence electrons. The Morgan fingerprint density at radius 1 is 1.13 bits per heavy atom. The summed E-state index contributed by atoms with van der Waals surface area (Å²) in [5.41, 5.74) is 4.22. The molecule has 0 unspecified atom stereocenters. The van der Waals surface area contributed by atoms with Crippen LogP contribution in [-0.2, 0) is 13.1 Å². The largest absolute Gasteiger partial charge is 0.477 e. The van der Waals surface area contributed by atoms with Gasteiger partial charge in [0.25, 0.3) is 0 Å². The molecule has 0 atom stereocenters. The Morgan fingerprint density at radius 3 is 2.68 bits per heavy atom. The molecule has 4 nitrogen and oxygen atoms in total. The molecule has 0 spiro atoms. The van der Waals surface area contributed by atoms with Gasteiger partial charge in [-0.25, -0.2) is 4.39 Å². The number of hydrogen-bond donors (Lipinski definition) is 0.